The van der Waals surface area contributed by atoms with E-state index < -0.39 is 0 Å². The summed E-state index contributed by atoms with van der Waals surface area (Å²) in [5, 5.41) is 3.02. The lowest BCUT2D eigenvalue weighted by Crippen LogP contribution is -2.47. The van der Waals surface area contributed by atoms with Crippen molar-refractivity contribution in [2.24, 2.45) is 0 Å². The smallest absolute Gasteiger partial charge is 0.252 e. The summed E-state index contributed by atoms with van der Waals surface area (Å²) in [4.78, 5) is 12.2. The largest absolute Gasteiger partial charge is 0.346 e. The molecule has 94 valence electrons. The third-order valence-electron chi connectivity index (χ3n) is 3.20. The third-order valence-corrected chi connectivity index (χ3v) is 3.79. The van der Waals surface area contributed by atoms with E-state index in [1.165, 1.54) is 0 Å². The Morgan fingerprint density at radius 1 is 1.35 bits per heavy atom. The number of alkyl halides is 1. The zero-order valence-electron chi connectivity index (χ0n) is 10.9. The van der Waals surface area contributed by atoms with Crippen LogP contribution in [0.25, 0.3) is 0 Å². The molecule has 3 heteroatoms. The maximum absolute atomic E-state index is 12.2. The summed E-state index contributed by atoms with van der Waals surface area (Å²) in [6.07, 6.45) is 0.813. The van der Waals surface area contributed by atoms with Crippen LogP contribution < -0.4 is 5.32 Å². The molecule has 1 rings (SSSR count). The van der Waals surface area contributed by atoms with E-state index in [9.17, 15) is 4.79 Å². The molecule has 0 aliphatic heterocycles. The summed E-state index contributed by atoms with van der Waals surface area (Å²) in [7, 11) is 0. The van der Waals surface area contributed by atoms with Crippen LogP contribution >= 0.6 is 11.6 Å². The highest BCUT2D eigenvalue weighted by atomic mass is 35.5. The lowest BCUT2D eigenvalue weighted by Gasteiger charge is -2.27. The fourth-order valence-electron chi connectivity index (χ4n) is 1.73. The zero-order chi connectivity index (χ0) is 13.1. The maximum atomic E-state index is 12.2. The van der Waals surface area contributed by atoms with Gasteiger partial charge in [0.25, 0.3) is 5.91 Å². The van der Waals surface area contributed by atoms with Gasteiger partial charge in [-0.15, -0.1) is 11.6 Å². The average Bonchev–Trinajstić information content (AvgIpc) is 2.28. The first kappa shape index (κ1) is 14.0. The Morgan fingerprint density at radius 2 is 1.88 bits per heavy atom. The molecular weight excluding hydrogens is 234 g/mol. The molecule has 2 nitrogen and oxygen atoms in total. The average molecular weight is 254 g/mol. The molecule has 1 amide bonds. The number of rotatable bonds is 4. The molecule has 0 aliphatic carbocycles. The van der Waals surface area contributed by atoms with E-state index in [2.05, 4.69) is 5.32 Å². The normalized spacial score (nSPS) is 14.2. The molecule has 1 atom stereocenters. The van der Waals surface area contributed by atoms with Gasteiger partial charge in [0, 0.05) is 11.4 Å². The topological polar surface area (TPSA) is 29.1 Å². The summed E-state index contributed by atoms with van der Waals surface area (Å²) < 4.78 is 0. The minimum atomic E-state index is -0.340. The first-order chi connectivity index (χ1) is 7.93. The van der Waals surface area contributed by atoms with Crippen LogP contribution in [-0.4, -0.2) is 17.3 Å². The third kappa shape index (κ3) is 3.22. The van der Waals surface area contributed by atoms with E-state index in [0.717, 1.165) is 23.1 Å². The van der Waals surface area contributed by atoms with Gasteiger partial charge in [-0.1, -0.05) is 25.1 Å². The molecule has 1 aromatic rings. The second-order valence-corrected chi connectivity index (χ2v) is 5.04. The standard InChI is InChI=1S/C14H20ClNO/c1-5-14(4,9-15)16-13(17)12-10(2)7-6-8-11(12)3/h6-8H,5,9H2,1-4H3,(H,16,17). The molecular formula is C14H20ClNO. The number of carbonyl (C=O) groups is 1. The maximum Gasteiger partial charge on any atom is 0.252 e. The van der Waals surface area contributed by atoms with Crippen LogP contribution in [-0.2, 0) is 0 Å². The lowest BCUT2D eigenvalue weighted by atomic mass is 9.98. The van der Waals surface area contributed by atoms with Gasteiger partial charge in [0.1, 0.15) is 0 Å². The molecule has 0 heterocycles. The summed E-state index contributed by atoms with van der Waals surface area (Å²) in [6.45, 7) is 7.89. The van der Waals surface area contributed by atoms with Gasteiger partial charge < -0.3 is 5.32 Å². The molecule has 0 bridgehead atoms. The molecule has 0 radical (unpaired) electrons. The highest BCUT2D eigenvalue weighted by Crippen LogP contribution is 2.17. The monoisotopic (exact) mass is 253 g/mol. The van der Waals surface area contributed by atoms with E-state index in [1.807, 2.05) is 45.9 Å². The van der Waals surface area contributed by atoms with Gasteiger partial charge in [-0.2, -0.15) is 0 Å². The first-order valence-corrected chi connectivity index (χ1v) is 6.41. The van der Waals surface area contributed by atoms with E-state index in [4.69, 9.17) is 11.6 Å². The van der Waals surface area contributed by atoms with E-state index in [1.54, 1.807) is 0 Å². The number of halogens is 1. The Labute approximate surface area is 108 Å². The number of benzene rings is 1. The minimum Gasteiger partial charge on any atom is -0.346 e. The van der Waals surface area contributed by atoms with Crippen LogP contribution in [0.2, 0.25) is 0 Å². The molecule has 0 saturated heterocycles. The Morgan fingerprint density at radius 3 is 2.29 bits per heavy atom. The predicted octanol–water partition coefficient (Wildman–Crippen LogP) is 3.44. The lowest BCUT2D eigenvalue weighted by molar-refractivity contribution is 0.0911. The van der Waals surface area contributed by atoms with Crippen LogP contribution in [0.15, 0.2) is 18.2 Å². The zero-order valence-corrected chi connectivity index (χ0v) is 11.7. The number of amides is 1. The van der Waals surface area contributed by atoms with Crippen molar-refractivity contribution in [2.75, 3.05) is 5.88 Å². The van der Waals surface area contributed by atoms with Crippen LogP contribution in [0.1, 0.15) is 41.8 Å². The summed E-state index contributed by atoms with van der Waals surface area (Å²) >= 11 is 5.91. The molecule has 0 aromatic heterocycles. The van der Waals surface area contributed by atoms with Gasteiger partial charge in [0.15, 0.2) is 0 Å². The Kier molecular flexibility index (Phi) is 4.58. The number of hydrogen-bond acceptors (Lipinski definition) is 1. The van der Waals surface area contributed by atoms with Crippen molar-refractivity contribution in [1.82, 2.24) is 5.32 Å². The molecule has 0 spiro atoms. The van der Waals surface area contributed by atoms with Gasteiger partial charge >= 0.3 is 0 Å². The quantitative estimate of drug-likeness (QED) is 0.819. The van der Waals surface area contributed by atoms with Crippen molar-refractivity contribution >= 4 is 17.5 Å². The number of nitrogens with one attached hydrogen (secondary N) is 1. The van der Waals surface area contributed by atoms with Crippen molar-refractivity contribution in [3.63, 3.8) is 0 Å². The number of carbonyl (C=O) groups excluding carboxylic acids is 1. The van der Waals surface area contributed by atoms with Crippen molar-refractivity contribution in [3.8, 4) is 0 Å². The summed E-state index contributed by atoms with van der Waals surface area (Å²) in [5.41, 5.74) is 2.41. The van der Waals surface area contributed by atoms with Gasteiger partial charge in [-0.05, 0) is 38.3 Å². The summed E-state index contributed by atoms with van der Waals surface area (Å²) in [5.74, 6) is 0.380. The van der Waals surface area contributed by atoms with Gasteiger partial charge in [0.05, 0.1) is 5.54 Å². The van der Waals surface area contributed by atoms with E-state index in [0.29, 0.717) is 5.88 Å². The minimum absolute atomic E-state index is 0.0365. The molecule has 0 aliphatic rings. The van der Waals surface area contributed by atoms with E-state index >= 15 is 0 Å². The second kappa shape index (κ2) is 5.54. The molecule has 1 unspecified atom stereocenters. The fraction of sp³-hybridized carbons (Fsp3) is 0.500. The Bertz CT molecular complexity index is 390. The highest BCUT2D eigenvalue weighted by Gasteiger charge is 2.24. The van der Waals surface area contributed by atoms with Crippen LogP contribution in [0.3, 0.4) is 0 Å². The molecule has 1 N–H and O–H groups in total. The molecule has 0 saturated carbocycles. The predicted molar refractivity (Wildman–Crippen MR) is 72.8 cm³/mol. The van der Waals surface area contributed by atoms with Gasteiger partial charge in [-0.25, -0.2) is 0 Å². The Balaban J connectivity index is 2.98. The van der Waals surface area contributed by atoms with E-state index in [-0.39, 0.29) is 11.4 Å². The molecule has 0 fully saturated rings. The summed E-state index contributed by atoms with van der Waals surface area (Å²) in [6, 6.07) is 5.86. The van der Waals surface area contributed by atoms with Crippen molar-refractivity contribution < 1.29 is 4.79 Å². The highest BCUT2D eigenvalue weighted by molar-refractivity contribution is 6.18. The molecule has 1 aromatic carbocycles. The second-order valence-electron chi connectivity index (χ2n) is 4.77. The van der Waals surface area contributed by atoms with Crippen LogP contribution in [0.5, 0.6) is 0 Å². The number of aryl methyl sites for hydroxylation is 2. The SMILES string of the molecule is CCC(C)(CCl)NC(=O)c1c(C)cccc1C. The van der Waals surface area contributed by atoms with Crippen molar-refractivity contribution in [1.29, 1.82) is 0 Å². The number of hydrogen-bond donors (Lipinski definition) is 1. The Hall–Kier alpha value is -1.02. The fourth-order valence-corrected chi connectivity index (χ4v) is 1.98. The van der Waals surface area contributed by atoms with Crippen molar-refractivity contribution in [2.45, 2.75) is 39.7 Å². The van der Waals surface area contributed by atoms with Gasteiger partial charge in [0.2, 0.25) is 0 Å². The molecule has 17 heavy (non-hydrogen) atoms. The van der Waals surface area contributed by atoms with Crippen molar-refractivity contribution in [3.05, 3.63) is 34.9 Å². The van der Waals surface area contributed by atoms with Crippen LogP contribution in [0.4, 0.5) is 0 Å². The van der Waals surface area contributed by atoms with Gasteiger partial charge in [-0.3, -0.25) is 4.79 Å². The first-order valence-electron chi connectivity index (χ1n) is 5.88. The van der Waals surface area contributed by atoms with Crippen LogP contribution in [0, 0.1) is 13.8 Å².